The second-order valence-corrected chi connectivity index (χ2v) is 4.64. The third-order valence-electron chi connectivity index (χ3n) is 3.33. The zero-order chi connectivity index (χ0) is 13.9. The van der Waals surface area contributed by atoms with Crippen LogP contribution in [0.4, 0.5) is 10.2 Å². The molecule has 0 spiro atoms. The molecule has 1 aromatic heterocycles. The molecule has 104 valence electrons. The van der Waals surface area contributed by atoms with Gasteiger partial charge in [-0.15, -0.1) is 0 Å². The van der Waals surface area contributed by atoms with Gasteiger partial charge in [-0.25, -0.2) is 9.37 Å². The lowest BCUT2D eigenvalue weighted by molar-refractivity contribution is 0.581. The van der Waals surface area contributed by atoms with Gasteiger partial charge in [0.05, 0.1) is 5.69 Å². The molecule has 1 aliphatic rings. The molecule has 5 nitrogen and oxygen atoms in total. The zero-order valence-corrected chi connectivity index (χ0v) is 10.9. The predicted octanol–water partition coefficient (Wildman–Crippen LogP) is 0.781. The highest BCUT2D eigenvalue weighted by Crippen LogP contribution is 2.10. The van der Waals surface area contributed by atoms with Crippen molar-refractivity contribution in [2.75, 3.05) is 31.1 Å². The molecule has 1 N–H and O–H groups in total. The molecule has 0 aliphatic carbocycles. The molecule has 0 amide bonds. The molecular weight excluding hydrogens is 259 g/mol. The average Bonchev–Trinajstić information content (AvgIpc) is 2.48. The summed E-state index contributed by atoms with van der Waals surface area (Å²) in [5, 5.41) is 3.23. The maximum Gasteiger partial charge on any atom is 0.298 e. The SMILES string of the molecule is O=c1c(N2CCNCC2)nccn1-c1cccc(F)c1. The average molecular weight is 274 g/mol. The summed E-state index contributed by atoms with van der Waals surface area (Å²) in [5.41, 5.74) is 0.286. The summed E-state index contributed by atoms with van der Waals surface area (Å²) in [7, 11) is 0. The normalized spacial score (nSPS) is 15.3. The van der Waals surface area contributed by atoms with E-state index in [1.165, 1.54) is 16.7 Å². The molecule has 1 fully saturated rings. The Morgan fingerprint density at radius 1 is 1.25 bits per heavy atom. The van der Waals surface area contributed by atoms with Gasteiger partial charge in [-0.1, -0.05) is 6.07 Å². The molecule has 20 heavy (non-hydrogen) atoms. The minimum atomic E-state index is -0.366. The molecule has 1 aromatic carbocycles. The van der Waals surface area contributed by atoms with Gasteiger partial charge in [-0.2, -0.15) is 0 Å². The lowest BCUT2D eigenvalue weighted by atomic mass is 10.3. The van der Waals surface area contributed by atoms with E-state index in [9.17, 15) is 9.18 Å². The van der Waals surface area contributed by atoms with E-state index in [2.05, 4.69) is 10.3 Å². The van der Waals surface area contributed by atoms with Crippen LogP contribution < -0.4 is 15.8 Å². The summed E-state index contributed by atoms with van der Waals surface area (Å²) in [6.07, 6.45) is 3.13. The lowest BCUT2D eigenvalue weighted by Crippen LogP contribution is -2.46. The Hall–Kier alpha value is -2.21. The first-order valence-corrected chi connectivity index (χ1v) is 6.55. The van der Waals surface area contributed by atoms with E-state index in [4.69, 9.17) is 0 Å². The van der Waals surface area contributed by atoms with Crippen LogP contribution in [0.25, 0.3) is 5.69 Å². The molecule has 0 radical (unpaired) electrons. The van der Waals surface area contributed by atoms with Crippen molar-refractivity contribution in [1.29, 1.82) is 0 Å². The second kappa shape index (κ2) is 5.42. The lowest BCUT2D eigenvalue weighted by Gasteiger charge is -2.27. The minimum Gasteiger partial charge on any atom is -0.349 e. The number of nitrogens with one attached hydrogen (secondary N) is 1. The number of hydrogen-bond acceptors (Lipinski definition) is 4. The van der Waals surface area contributed by atoms with E-state index in [0.29, 0.717) is 11.5 Å². The summed E-state index contributed by atoms with van der Waals surface area (Å²) in [6.45, 7) is 3.15. The van der Waals surface area contributed by atoms with Crippen molar-refractivity contribution in [2.24, 2.45) is 0 Å². The van der Waals surface area contributed by atoms with Crippen LogP contribution in [0.3, 0.4) is 0 Å². The van der Waals surface area contributed by atoms with Crippen molar-refractivity contribution in [3.8, 4) is 5.69 Å². The zero-order valence-electron chi connectivity index (χ0n) is 10.9. The van der Waals surface area contributed by atoms with E-state index in [1.807, 2.05) is 4.90 Å². The van der Waals surface area contributed by atoms with Gasteiger partial charge >= 0.3 is 0 Å². The number of nitrogens with zero attached hydrogens (tertiary/aromatic N) is 3. The summed E-state index contributed by atoms with van der Waals surface area (Å²) >= 11 is 0. The Kier molecular flexibility index (Phi) is 3.47. The Bertz CT molecular complexity index is 664. The molecule has 0 unspecified atom stereocenters. The highest BCUT2D eigenvalue weighted by molar-refractivity contribution is 5.41. The molecule has 2 aromatic rings. The van der Waals surface area contributed by atoms with Gasteiger partial charge in [0.2, 0.25) is 0 Å². The standard InChI is InChI=1S/C14H15FN4O/c15-11-2-1-3-12(10-11)19-9-6-17-13(14(19)20)18-7-4-16-5-8-18/h1-3,6,9-10,16H,4-5,7-8H2. The Morgan fingerprint density at radius 2 is 2.05 bits per heavy atom. The van der Waals surface area contributed by atoms with E-state index in [-0.39, 0.29) is 11.4 Å². The second-order valence-electron chi connectivity index (χ2n) is 4.64. The van der Waals surface area contributed by atoms with Crippen molar-refractivity contribution >= 4 is 5.82 Å². The van der Waals surface area contributed by atoms with Gasteiger partial charge < -0.3 is 10.2 Å². The van der Waals surface area contributed by atoms with Crippen LogP contribution in [0.2, 0.25) is 0 Å². The van der Waals surface area contributed by atoms with E-state index >= 15 is 0 Å². The van der Waals surface area contributed by atoms with Gasteiger partial charge in [-0.05, 0) is 18.2 Å². The van der Waals surface area contributed by atoms with Gasteiger partial charge in [0.25, 0.3) is 5.56 Å². The van der Waals surface area contributed by atoms with Crippen LogP contribution in [0, 0.1) is 5.82 Å². The predicted molar refractivity (Wildman–Crippen MR) is 74.9 cm³/mol. The van der Waals surface area contributed by atoms with Gasteiger partial charge in [0, 0.05) is 38.6 Å². The number of halogens is 1. The van der Waals surface area contributed by atoms with E-state index < -0.39 is 0 Å². The quantitative estimate of drug-likeness (QED) is 0.879. The summed E-state index contributed by atoms with van der Waals surface area (Å²) in [4.78, 5) is 18.6. The topological polar surface area (TPSA) is 50.2 Å². The van der Waals surface area contributed by atoms with Gasteiger partial charge in [0.15, 0.2) is 5.82 Å². The molecule has 3 rings (SSSR count). The molecule has 1 aliphatic heterocycles. The molecule has 6 heteroatoms. The first kappa shape index (κ1) is 12.8. The van der Waals surface area contributed by atoms with E-state index in [1.54, 1.807) is 24.5 Å². The van der Waals surface area contributed by atoms with Crippen LogP contribution in [-0.2, 0) is 0 Å². The summed E-state index contributed by atoms with van der Waals surface area (Å²) < 4.78 is 14.7. The molecule has 2 heterocycles. The molecule has 0 bridgehead atoms. The number of hydrogen-bond donors (Lipinski definition) is 1. The Labute approximate surface area is 115 Å². The first-order chi connectivity index (χ1) is 9.75. The Balaban J connectivity index is 2.03. The maximum atomic E-state index is 13.3. The fourth-order valence-electron chi connectivity index (χ4n) is 2.32. The monoisotopic (exact) mass is 274 g/mol. The van der Waals surface area contributed by atoms with Crippen LogP contribution in [-0.4, -0.2) is 35.7 Å². The third-order valence-corrected chi connectivity index (χ3v) is 3.33. The van der Waals surface area contributed by atoms with Crippen molar-refractivity contribution in [3.05, 3.63) is 52.8 Å². The smallest absolute Gasteiger partial charge is 0.298 e. The van der Waals surface area contributed by atoms with Crippen molar-refractivity contribution < 1.29 is 4.39 Å². The largest absolute Gasteiger partial charge is 0.349 e. The third kappa shape index (κ3) is 2.42. The fourth-order valence-corrected chi connectivity index (χ4v) is 2.32. The highest BCUT2D eigenvalue weighted by Gasteiger charge is 2.16. The van der Waals surface area contributed by atoms with Crippen LogP contribution >= 0.6 is 0 Å². The highest BCUT2D eigenvalue weighted by atomic mass is 19.1. The van der Waals surface area contributed by atoms with Crippen LogP contribution in [0.1, 0.15) is 0 Å². The summed E-state index contributed by atoms with van der Waals surface area (Å²) in [5.74, 6) is 0.0493. The molecular formula is C14H15FN4O. The molecule has 1 saturated heterocycles. The first-order valence-electron chi connectivity index (χ1n) is 6.55. The molecule has 0 atom stereocenters. The summed E-state index contributed by atoms with van der Waals surface area (Å²) in [6, 6.07) is 5.98. The van der Waals surface area contributed by atoms with Crippen LogP contribution in [0.15, 0.2) is 41.5 Å². The number of benzene rings is 1. The number of piperazine rings is 1. The number of anilines is 1. The van der Waals surface area contributed by atoms with Gasteiger partial charge in [0.1, 0.15) is 5.82 Å². The van der Waals surface area contributed by atoms with E-state index in [0.717, 1.165) is 26.2 Å². The number of aromatic nitrogens is 2. The van der Waals surface area contributed by atoms with Crippen molar-refractivity contribution in [3.63, 3.8) is 0 Å². The van der Waals surface area contributed by atoms with Gasteiger partial charge in [-0.3, -0.25) is 9.36 Å². The molecule has 0 saturated carbocycles. The Morgan fingerprint density at radius 3 is 2.80 bits per heavy atom. The van der Waals surface area contributed by atoms with Crippen molar-refractivity contribution in [2.45, 2.75) is 0 Å². The minimum absolute atomic E-state index is 0.222. The van der Waals surface area contributed by atoms with Crippen molar-refractivity contribution in [1.82, 2.24) is 14.9 Å². The fraction of sp³-hybridized carbons (Fsp3) is 0.286. The number of rotatable bonds is 2. The maximum absolute atomic E-state index is 13.3. The van der Waals surface area contributed by atoms with Crippen LogP contribution in [0.5, 0.6) is 0 Å².